The molecule has 1 fully saturated rings. The quantitative estimate of drug-likeness (QED) is 0.322. The minimum atomic E-state index is -4.56. The Bertz CT molecular complexity index is 213. The van der Waals surface area contributed by atoms with E-state index in [9.17, 15) is 22.0 Å². The molecule has 0 aromatic carbocycles. The van der Waals surface area contributed by atoms with Gasteiger partial charge in [-0.15, -0.1) is 8.78 Å². The molecule has 0 amide bonds. The lowest BCUT2D eigenvalue weighted by Gasteiger charge is -2.45. The third-order valence-corrected chi connectivity index (χ3v) is 2.50. The van der Waals surface area contributed by atoms with Crippen molar-refractivity contribution in [1.29, 1.82) is 0 Å². The zero-order chi connectivity index (χ0) is 10.5. The third kappa shape index (κ3) is 1.22. The van der Waals surface area contributed by atoms with E-state index in [1.165, 1.54) is 0 Å². The number of alkyl halides is 5. The molecule has 1 heterocycles. The Balaban J connectivity index is 3.07. The molecule has 0 aromatic rings. The largest absolute Gasteiger partial charge is 0.457 e. The Hall–Kier alpha value is -0.390. The summed E-state index contributed by atoms with van der Waals surface area (Å²) < 4.78 is 62.8. The van der Waals surface area contributed by atoms with Gasteiger partial charge in [-0.2, -0.15) is 8.78 Å². The fourth-order valence-corrected chi connectivity index (χ4v) is 1.35. The molecular formula is C7H11F5N+. The van der Waals surface area contributed by atoms with E-state index in [4.69, 9.17) is 0 Å². The molecule has 0 aliphatic carbocycles. The lowest BCUT2D eigenvalue weighted by atomic mass is 10.0. The van der Waals surface area contributed by atoms with Crippen molar-refractivity contribution in [3.8, 4) is 0 Å². The van der Waals surface area contributed by atoms with E-state index in [1.807, 2.05) is 0 Å². The lowest BCUT2D eigenvalue weighted by Crippen LogP contribution is -2.70. The second-order valence-corrected chi connectivity index (χ2v) is 3.83. The van der Waals surface area contributed by atoms with Gasteiger partial charge in [0.1, 0.15) is 0 Å². The Morgan fingerprint density at radius 1 is 1.15 bits per heavy atom. The maximum absolute atomic E-state index is 13.0. The molecule has 1 unspecified atom stereocenters. The van der Waals surface area contributed by atoms with Crippen LogP contribution in [-0.4, -0.2) is 43.3 Å². The molecule has 0 aromatic heterocycles. The van der Waals surface area contributed by atoms with Gasteiger partial charge in [0.25, 0.3) is 0 Å². The molecule has 0 N–H and O–H groups in total. The van der Waals surface area contributed by atoms with Crippen LogP contribution in [0.2, 0.25) is 0 Å². The van der Waals surface area contributed by atoms with Crippen LogP contribution in [0.1, 0.15) is 6.42 Å². The van der Waals surface area contributed by atoms with Crippen LogP contribution in [-0.2, 0) is 0 Å². The number of quaternary nitrogens is 1. The van der Waals surface area contributed by atoms with Gasteiger partial charge in [0, 0.05) is 6.42 Å². The summed E-state index contributed by atoms with van der Waals surface area (Å²) in [4.78, 5) is 0. The van der Waals surface area contributed by atoms with Crippen molar-refractivity contribution in [2.75, 3.05) is 20.6 Å². The normalized spacial score (nSPS) is 35.8. The summed E-state index contributed by atoms with van der Waals surface area (Å²) in [7, 11) is 1.94. The van der Waals surface area contributed by atoms with Crippen molar-refractivity contribution >= 4 is 0 Å². The van der Waals surface area contributed by atoms with Crippen LogP contribution in [0.25, 0.3) is 0 Å². The monoisotopic (exact) mass is 204 g/mol. The zero-order valence-corrected chi connectivity index (χ0v) is 7.33. The maximum Gasteiger partial charge on any atom is 0.457 e. The molecule has 1 nitrogen and oxygen atoms in total. The Kier molecular flexibility index (Phi) is 2.10. The van der Waals surface area contributed by atoms with Crippen LogP contribution in [0.5, 0.6) is 0 Å². The Morgan fingerprint density at radius 3 is 2.00 bits per heavy atom. The fourth-order valence-electron chi connectivity index (χ4n) is 1.35. The van der Waals surface area contributed by atoms with Crippen LogP contribution in [0, 0.1) is 0 Å². The second-order valence-electron chi connectivity index (χ2n) is 3.83. The van der Waals surface area contributed by atoms with Crippen LogP contribution in [0.4, 0.5) is 22.0 Å². The van der Waals surface area contributed by atoms with E-state index in [2.05, 4.69) is 0 Å². The van der Waals surface area contributed by atoms with E-state index >= 15 is 0 Å². The van der Waals surface area contributed by atoms with Gasteiger partial charge in [0.05, 0.1) is 20.6 Å². The smallest absolute Gasteiger partial charge is 0.262 e. The standard InChI is InChI=1S/C7H11F5N/c1-13(2)4-3-5(8)6(9,10)7(13,11)12/h5H,3-4H2,1-2H3/q+1. The molecule has 1 atom stereocenters. The molecule has 6 heteroatoms. The van der Waals surface area contributed by atoms with Crippen LogP contribution in [0.15, 0.2) is 0 Å². The average Bonchev–Trinajstić information content (AvgIpc) is 1.97. The topological polar surface area (TPSA) is 0 Å². The maximum atomic E-state index is 13.0. The van der Waals surface area contributed by atoms with Gasteiger partial charge in [-0.3, -0.25) is 4.48 Å². The van der Waals surface area contributed by atoms with Gasteiger partial charge in [-0.1, -0.05) is 0 Å². The van der Waals surface area contributed by atoms with Gasteiger partial charge in [-0.05, 0) is 0 Å². The van der Waals surface area contributed by atoms with E-state index in [0.717, 1.165) is 14.1 Å². The van der Waals surface area contributed by atoms with E-state index in [-0.39, 0.29) is 6.54 Å². The van der Waals surface area contributed by atoms with Gasteiger partial charge in [-0.25, -0.2) is 4.39 Å². The first-order chi connectivity index (χ1) is 5.63. The summed E-state index contributed by atoms with van der Waals surface area (Å²) in [5.41, 5.74) is 0. The Labute approximate surface area is 72.7 Å². The molecule has 0 spiro atoms. The molecule has 0 bridgehead atoms. The molecule has 0 saturated carbocycles. The molecule has 78 valence electrons. The zero-order valence-electron chi connectivity index (χ0n) is 7.33. The van der Waals surface area contributed by atoms with E-state index in [0.29, 0.717) is 0 Å². The van der Waals surface area contributed by atoms with Crippen molar-refractivity contribution in [3.63, 3.8) is 0 Å². The number of halogens is 5. The number of nitrogens with zero attached hydrogens (tertiary/aromatic N) is 1. The summed E-state index contributed by atoms with van der Waals surface area (Å²) in [6.45, 7) is -0.288. The van der Waals surface area contributed by atoms with Crippen molar-refractivity contribution < 1.29 is 26.4 Å². The predicted octanol–water partition coefficient (Wildman–Crippen LogP) is 2.03. The third-order valence-electron chi connectivity index (χ3n) is 2.50. The highest BCUT2D eigenvalue weighted by molar-refractivity contribution is 4.88. The minimum absolute atomic E-state index is 0.288. The molecule has 1 aliphatic rings. The number of rotatable bonds is 0. The van der Waals surface area contributed by atoms with Gasteiger partial charge >= 0.3 is 12.0 Å². The number of piperidine rings is 1. The molecule has 1 saturated heterocycles. The first-order valence-electron chi connectivity index (χ1n) is 3.86. The van der Waals surface area contributed by atoms with Crippen molar-refractivity contribution in [3.05, 3.63) is 0 Å². The number of hydrogen-bond acceptors (Lipinski definition) is 0. The lowest BCUT2D eigenvalue weighted by molar-refractivity contribution is -0.995. The molecule has 1 aliphatic heterocycles. The first-order valence-corrected chi connectivity index (χ1v) is 3.86. The Morgan fingerprint density at radius 2 is 1.62 bits per heavy atom. The summed E-state index contributed by atoms with van der Waals surface area (Å²) in [5.74, 6) is -4.56. The first kappa shape index (κ1) is 10.7. The number of likely N-dealkylation sites (tertiary alicyclic amines) is 1. The van der Waals surface area contributed by atoms with Crippen molar-refractivity contribution in [2.24, 2.45) is 0 Å². The van der Waals surface area contributed by atoms with Gasteiger partial charge in [0.2, 0.25) is 0 Å². The predicted molar refractivity (Wildman–Crippen MR) is 36.4 cm³/mol. The SMILES string of the molecule is C[N+]1(C)CCC(F)C(F)(F)C1(F)F. The highest BCUT2D eigenvalue weighted by atomic mass is 19.3. The molecule has 0 radical (unpaired) electrons. The van der Waals surface area contributed by atoms with E-state index < -0.39 is 29.0 Å². The summed E-state index contributed by atoms with van der Waals surface area (Å²) in [6, 6.07) is -4.33. The summed E-state index contributed by atoms with van der Waals surface area (Å²) in [5, 5.41) is 0. The molecular weight excluding hydrogens is 193 g/mol. The molecule has 1 rings (SSSR count). The second kappa shape index (κ2) is 2.56. The van der Waals surface area contributed by atoms with Crippen LogP contribution >= 0.6 is 0 Å². The van der Waals surface area contributed by atoms with Crippen LogP contribution in [0.3, 0.4) is 0 Å². The highest BCUT2D eigenvalue weighted by Crippen LogP contribution is 2.47. The summed E-state index contributed by atoms with van der Waals surface area (Å²) >= 11 is 0. The highest BCUT2D eigenvalue weighted by Gasteiger charge is 2.74. The van der Waals surface area contributed by atoms with Gasteiger partial charge < -0.3 is 0 Å². The average molecular weight is 204 g/mol. The fraction of sp³-hybridized carbons (Fsp3) is 1.00. The molecule has 13 heavy (non-hydrogen) atoms. The summed E-state index contributed by atoms with van der Waals surface area (Å²) in [6.07, 6.45) is -3.27. The van der Waals surface area contributed by atoms with Crippen molar-refractivity contribution in [1.82, 2.24) is 0 Å². The minimum Gasteiger partial charge on any atom is -0.262 e. The van der Waals surface area contributed by atoms with Crippen molar-refractivity contribution in [2.45, 2.75) is 24.6 Å². The van der Waals surface area contributed by atoms with E-state index in [1.54, 1.807) is 0 Å². The van der Waals surface area contributed by atoms with Crippen LogP contribution < -0.4 is 0 Å². The number of hydrogen-bond donors (Lipinski definition) is 0. The van der Waals surface area contributed by atoms with Gasteiger partial charge in [0.15, 0.2) is 6.17 Å².